The molecule has 1 aliphatic rings. The van der Waals surface area contributed by atoms with Crippen LogP contribution in [0, 0.1) is 11.6 Å². The third-order valence-electron chi connectivity index (χ3n) is 3.28. The monoisotopic (exact) mass is 277 g/mol. The molecule has 0 fully saturated rings. The highest BCUT2D eigenvalue weighted by molar-refractivity contribution is 5.22. The summed E-state index contributed by atoms with van der Waals surface area (Å²) in [6, 6.07) is 3.43. The van der Waals surface area contributed by atoms with Gasteiger partial charge in [0.25, 0.3) is 0 Å². The molecule has 4 nitrogen and oxygen atoms in total. The van der Waals surface area contributed by atoms with Gasteiger partial charge in [-0.25, -0.2) is 8.78 Å². The number of allylic oxidation sites excluding steroid dienone is 1. The van der Waals surface area contributed by atoms with Crippen molar-refractivity contribution in [3.05, 3.63) is 59.3 Å². The zero-order chi connectivity index (χ0) is 14.1. The summed E-state index contributed by atoms with van der Waals surface area (Å²) in [5.74, 6) is -0.348. The average molecular weight is 277 g/mol. The molecule has 0 saturated heterocycles. The topological polar surface area (TPSA) is 64.9 Å². The molecule has 104 valence electrons. The molecule has 0 spiro atoms. The molecular weight excluding hydrogens is 264 g/mol. The Kier molecular flexibility index (Phi) is 3.31. The van der Waals surface area contributed by atoms with Crippen LogP contribution in [0.15, 0.2) is 34.9 Å². The standard InChI is InChI=1S/C14H13F2N3O/c15-10-3-1-8(12(16)7-10)6-13-18-14(20-19-13)9-2-4-11(17)5-9/h1-4,7,9,11H,5-6,17H2. The molecule has 3 rings (SSSR count). The van der Waals surface area contributed by atoms with Gasteiger partial charge in [0.05, 0.1) is 5.92 Å². The fraction of sp³-hybridized carbons (Fsp3) is 0.286. The van der Waals surface area contributed by atoms with E-state index < -0.39 is 11.6 Å². The van der Waals surface area contributed by atoms with Crippen molar-refractivity contribution in [2.75, 3.05) is 0 Å². The lowest BCUT2D eigenvalue weighted by Gasteiger charge is -2.02. The highest BCUT2D eigenvalue weighted by Crippen LogP contribution is 2.26. The van der Waals surface area contributed by atoms with Gasteiger partial charge in [0.2, 0.25) is 5.89 Å². The van der Waals surface area contributed by atoms with Gasteiger partial charge in [0.15, 0.2) is 5.82 Å². The molecule has 1 heterocycles. The van der Waals surface area contributed by atoms with Gasteiger partial charge in [-0.05, 0) is 18.1 Å². The number of nitrogens with two attached hydrogens (primary N) is 1. The summed E-state index contributed by atoms with van der Waals surface area (Å²) < 4.78 is 31.5. The molecule has 0 aliphatic heterocycles. The fourth-order valence-corrected chi connectivity index (χ4v) is 2.24. The lowest BCUT2D eigenvalue weighted by molar-refractivity contribution is 0.360. The Labute approximate surface area is 114 Å². The molecule has 0 radical (unpaired) electrons. The predicted octanol–water partition coefficient (Wildman–Crippen LogP) is 2.31. The Hall–Kier alpha value is -2.08. The Balaban J connectivity index is 1.75. The Morgan fingerprint density at radius 3 is 2.85 bits per heavy atom. The Morgan fingerprint density at radius 2 is 2.15 bits per heavy atom. The van der Waals surface area contributed by atoms with E-state index in [4.69, 9.17) is 10.3 Å². The highest BCUT2D eigenvalue weighted by Gasteiger charge is 2.23. The van der Waals surface area contributed by atoms with Gasteiger partial charge < -0.3 is 10.3 Å². The molecule has 1 aromatic heterocycles. The van der Waals surface area contributed by atoms with E-state index in [1.807, 2.05) is 12.2 Å². The minimum Gasteiger partial charge on any atom is -0.339 e. The normalized spacial score (nSPS) is 21.6. The molecule has 1 aromatic carbocycles. The van der Waals surface area contributed by atoms with Gasteiger partial charge in [-0.3, -0.25) is 0 Å². The summed E-state index contributed by atoms with van der Waals surface area (Å²) in [4.78, 5) is 4.24. The first-order valence-corrected chi connectivity index (χ1v) is 6.32. The lowest BCUT2D eigenvalue weighted by atomic mass is 10.1. The lowest BCUT2D eigenvalue weighted by Crippen LogP contribution is -2.14. The number of halogens is 2. The quantitative estimate of drug-likeness (QED) is 0.874. The van der Waals surface area contributed by atoms with Gasteiger partial charge in [-0.1, -0.05) is 23.4 Å². The smallest absolute Gasteiger partial charge is 0.233 e. The van der Waals surface area contributed by atoms with Crippen molar-refractivity contribution in [2.45, 2.75) is 24.8 Å². The van der Waals surface area contributed by atoms with Gasteiger partial charge in [-0.2, -0.15) is 4.98 Å². The SMILES string of the molecule is NC1C=CC(c2nc(Cc3ccc(F)cc3F)no2)C1. The summed E-state index contributed by atoms with van der Waals surface area (Å²) in [5.41, 5.74) is 6.10. The van der Waals surface area contributed by atoms with Crippen LogP contribution in [0.5, 0.6) is 0 Å². The van der Waals surface area contributed by atoms with Crippen LogP contribution in [0.1, 0.15) is 29.6 Å². The van der Waals surface area contributed by atoms with Crippen LogP contribution in [0.25, 0.3) is 0 Å². The average Bonchev–Trinajstić information content (AvgIpc) is 3.02. The van der Waals surface area contributed by atoms with Crippen LogP contribution >= 0.6 is 0 Å². The minimum atomic E-state index is -0.612. The van der Waals surface area contributed by atoms with E-state index in [1.54, 1.807) is 0 Å². The van der Waals surface area contributed by atoms with Crippen molar-refractivity contribution in [3.8, 4) is 0 Å². The van der Waals surface area contributed by atoms with Gasteiger partial charge in [0.1, 0.15) is 11.6 Å². The fourth-order valence-electron chi connectivity index (χ4n) is 2.24. The molecule has 0 saturated carbocycles. The molecule has 2 N–H and O–H groups in total. The maximum absolute atomic E-state index is 13.5. The van der Waals surface area contributed by atoms with Crippen LogP contribution in [-0.4, -0.2) is 16.2 Å². The van der Waals surface area contributed by atoms with Crippen molar-refractivity contribution in [3.63, 3.8) is 0 Å². The van der Waals surface area contributed by atoms with Crippen LogP contribution in [0.2, 0.25) is 0 Å². The number of hydrogen-bond donors (Lipinski definition) is 1. The molecular formula is C14H13F2N3O. The van der Waals surface area contributed by atoms with Crippen LogP contribution < -0.4 is 5.73 Å². The van der Waals surface area contributed by atoms with Crippen molar-refractivity contribution in [1.82, 2.24) is 10.1 Å². The van der Waals surface area contributed by atoms with Gasteiger partial charge in [0, 0.05) is 18.5 Å². The highest BCUT2D eigenvalue weighted by atomic mass is 19.1. The number of hydrogen-bond acceptors (Lipinski definition) is 4. The first-order valence-electron chi connectivity index (χ1n) is 6.32. The summed E-state index contributed by atoms with van der Waals surface area (Å²) >= 11 is 0. The summed E-state index contributed by atoms with van der Waals surface area (Å²) in [6.45, 7) is 0. The molecule has 2 atom stereocenters. The third-order valence-corrected chi connectivity index (χ3v) is 3.28. The molecule has 0 bridgehead atoms. The zero-order valence-electron chi connectivity index (χ0n) is 10.6. The number of benzene rings is 1. The molecule has 2 aromatic rings. The van der Waals surface area contributed by atoms with E-state index in [2.05, 4.69) is 10.1 Å². The second kappa shape index (κ2) is 5.13. The third kappa shape index (κ3) is 2.60. The summed E-state index contributed by atoms with van der Waals surface area (Å²) in [7, 11) is 0. The molecule has 0 amide bonds. The number of nitrogens with zero attached hydrogens (tertiary/aromatic N) is 2. The second-order valence-corrected chi connectivity index (χ2v) is 4.85. The zero-order valence-corrected chi connectivity index (χ0v) is 10.6. The van der Waals surface area contributed by atoms with Crippen LogP contribution in [-0.2, 0) is 6.42 Å². The summed E-state index contributed by atoms with van der Waals surface area (Å²) in [6.07, 6.45) is 4.72. The van der Waals surface area contributed by atoms with E-state index in [0.717, 1.165) is 12.5 Å². The molecule has 2 unspecified atom stereocenters. The van der Waals surface area contributed by atoms with E-state index in [9.17, 15) is 8.78 Å². The molecule has 20 heavy (non-hydrogen) atoms. The maximum Gasteiger partial charge on any atom is 0.233 e. The Morgan fingerprint density at radius 1 is 1.30 bits per heavy atom. The largest absolute Gasteiger partial charge is 0.339 e. The first-order chi connectivity index (χ1) is 9.61. The van der Waals surface area contributed by atoms with E-state index >= 15 is 0 Å². The molecule has 6 heteroatoms. The maximum atomic E-state index is 13.5. The van der Waals surface area contributed by atoms with Crippen molar-refractivity contribution in [2.24, 2.45) is 5.73 Å². The number of rotatable bonds is 3. The van der Waals surface area contributed by atoms with E-state index in [0.29, 0.717) is 17.3 Å². The van der Waals surface area contributed by atoms with Crippen molar-refractivity contribution in [1.29, 1.82) is 0 Å². The minimum absolute atomic E-state index is 0.00453. The molecule has 1 aliphatic carbocycles. The van der Waals surface area contributed by atoms with E-state index in [1.165, 1.54) is 12.1 Å². The summed E-state index contributed by atoms with van der Waals surface area (Å²) in [5, 5.41) is 3.82. The first kappa shape index (κ1) is 12.9. The van der Waals surface area contributed by atoms with Crippen LogP contribution in [0.3, 0.4) is 0 Å². The Bertz CT molecular complexity index is 654. The van der Waals surface area contributed by atoms with Crippen molar-refractivity contribution >= 4 is 0 Å². The van der Waals surface area contributed by atoms with Gasteiger partial charge in [-0.15, -0.1) is 0 Å². The van der Waals surface area contributed by atoms with Crippen molar-refractivity contribution < 1.29 is 13.3 Å². The van der Waals surface area contributed by atoms with E-state index in [-0.39, 0.29) is 18.4 Å². The van der Waals surface area contributed by atoms with Crippen LogP contribution in [0.4, 0.5) is 8.78 Å². The second-order valence-electron chi connectivity index (χ2n) is 4.85. The van der Waals surface area contributed by atoms with Gasteiger partial charge >= 0.3 is 0 Å². The predicted molar refractivity (Wildman–Crippen MR) is 67.9 cm³/mol. The number of aromatic nitrogens is 2.